The number of fused-ring (bicyclic) bond motifs is 1. The number of nitrogens with zero attached hydrogens (tertiary/aromatic N) is 5. The summed E-state index contributed by atoms with van der Waals surface area (Å²) < 4.78 is 12.4. The molecule has 0 unspecified atom stereocenters. The van der Waals surface area contributed by atoms with Crippen LogP contribution in [0.3, 0.4) is 0 Å². The molecule has 0 radical (unpaired) electrons. The molecule has 1 saturated heterocycles. The minimum atomic E-state index is -0.561. The Labute approximate surface area is 203 Å². The summed E-state index contributed by atoms with van der Waals surface area (Å²) in [5.74, 6) is 0.129. The zero-order chi connectivity index (χ0) is 24.6. The molecule has 2 aromatic heterocycles. The number of methoxy groups -OCH3 is 1. The second kappa shape index (κ2) is 9.13. The molecule has 1 fully saturated rings. The van der Waals surface area contributed by atoms with Crippen molar-refractivity contribution in [1.82, 2.24) is 19.4 Å². The molecule has 9 nitrogen and oxygen atoms in total. The van der Waals surface area contributed by atoms with Gasteiger partial charge in [-0.15, -0.1) is 0 Å². The number of ether oxygens (including phenoxy) is 2. The molecule has 0 spiro atoms. The molecule has 3 aromatic rings. The van der Waals surface area contributed by atoms with Gasteiger partial charge in [0.2, 0.25) is 0 Å². The van der Waals surface area contributed by atoms with E-state index in [0.29, 0.717) is 47.1 Å². The lowest BCUT2D eigenvalue weighted by atomic mass is 10.1. The summed E-state index contributed by atoms with van der Waals surface area (Å²) in [5, 5.41) is 1.16. The van der Waals surface area contributed by atoms with Crippen molar-refractivity contribution in [2.45, 2.75) is 39.3 Å². The van der Waals surface area contributed by atoms with Crippen molar-refractivity contribution in [2.75, 3.05) is 31.6 Å². The molecule has 10 heteroatoms. The standard InChI is InChI=1S/C24H28ClN5O4/c1-15-12-28(23(32)34-24(2,3)4)9-10-29(15)20-19-18(22(31)33-5)13-30(21(19)27-14-26-20)17-8-6-7-16(25)11-17/h6-8,11,13-15H,9-10,12H2,1-5H3/t15-/m0/s1. The van der Waals surface area contributed by atoms with Gasteiger partial charge in [0.15, 0.2) is 5.65 Å². The first kappa shape index (κ1) is 23.8. The van der Waals surface area contributed by atoms with E-state index in [1.807, 2.05) is 39.8 Å². The molecule has 0 N–H and O–H groups in total. The van der Waals surface area contributed by atoms with Crippen molar-refractivity contribution in [1.29, 1.82) is 0 Å². The van der Waals surface area contributed by atoms with Crippen molar-refractivity contribution < 1.29 is 19.1 Å². The van der Waals surface area contributed by atoms with Crippen LogP contribution in [0.2, 0.25) is 5.02 Å². The lowest BCUT2D eigenvalue weighted by Crippen LogP contribution is -2.54. The Balaban J connectivity index is 1.74. The van der Waals surface area contributed by atoms with E-state index < -0.39 is 11.6 Å². The van der Waals surface area contributed by atoms with Crippen LogP contribution < -0.4 is 4.90 Å². The number of anilines is 1. The summed E-state index contributed by atoms with van der Waals surface area (Å²) in [6.45, 7) is 9.01. The maximum Gasteiger partial charge on any atom is 0.410 e. The Hall–Kier alpha value is -3.33. The molecule has 0 aliphatic carbocycles. The Morgan fingerprint density at radius 2 is 1.94 bits per heavy atom. The molecule has 4 rings (SSSR count). The van der Waals surface area contributed by atoms with Gasteiger partial charge in [0.1, 0.15) is 17.7 Å². The number of esters is 1. The third-order valence-electron chi connectivity index (χ3n) is 5.61. The molecule has 1 aliphatic rings. The Morgan fingerprint density at radius 1 is 1.18 bits per heavy atom. The van der Waals surface area contributed by atoms with Gasteiger partial charge in [-0.25, -0.2) is 19.6 Å². The van der Waals surface area contributed by atoms with Gasteiger partial charge in [0.25, 0.3) is 0 Å². The number of benzene rings is 1. The summed E-state index contributed by atoms with van der Waals surface area (Å²) >= 11 is 6.21. The summed E-state index contributed by atoms with van der Waals surface area (Å²) in [5.41, 5.74) is 1.12. The average molecular weight is 486 g/mol. The number of amides is 1. The normalized spacial score (nSPS) is 16.6. The monoisotopic (exact) mass is 485 g/mol. The van der Waals surface area contributed by atoms with Crippen LogP contribution in [0.4, 0.5) is 10.6 Å². The molecular weight excluding hydrogens is 458 g/mol. The molecule has 180 valence electrons. The topological polar surface area (TPSA) is 89.8 Å². The second-order valence-electron chi connectivity index (χ2n) is 9.25. The van der Waals surface area contributed by atoms with Crippen LogP contribution in [-0.2, 0) is 9.47 Å². The van der Waals surface area contributed by atoms with Crippen molar-refractivity contribution in [2.24, 2.45) is 0 Å². The van der Waals surface area contributed by atoms with Crippen molar-refractivity contribution >= 4 is 40.5 Å². The van der Waals surface area contributed by atoms with Gasteiger partial charge in [0, 0.05) is 42.6 Å². The van der Waals surface area contributed by atoms with Gasteiger partial charge in [-0.3, -0.25) is 0 Å². The minimum absolute atomic E-state index is 0.0700. The Morgan fingerprint density at radius 3 is 2.59 bits per heavy atom. The van der Waals surface area contributed by atoms with Crippen molar-refractivity contribution in [3.63, 3.8) is 0 Å². The van der Waals surface area contributed by atoms with Crippen molar-refractivity contribution in [3.05, 3.63) is 47.4 Å². The smallest absolute Gasteiger partial charge is 0.410 e. The van der Waals surface area contributed by atoms with Gasteiger partial charge >= 0.3 is 12.1 Å². The number of carbonyl (C=O) groups is 2. The second-order valence-corrected chi connectivity index (χ2v) is 9.69. The van der Waals surface area contributed by atoms with Crippen molar-refractivity contribution in [3.8, 4) is 5.69 Å². The lowest BCUT2D eigenvalue weighted by Gasteiger charge is -2.41. The maximum atomic E-state index is 12.7. The van der Waals surface area contributed by atoms with Gasteiger partial charge < -0.3 is 23.8 Å². The highest BCUT2D eigenvalue weighted by Gasteiger charge is 2.33. The van der Waals surface area contributed by atoms with Crippen LogP contribution in [-0.4, -0.2) is 69.9 Å². The highest BCUT2D eigenvalue weighted by atomic mass is 35.5. The number of halogens is 1. The number of rotatable bonds is 3. The third kappa shape index (κ3) is 4.65. The van der Waals surface area contributed by atoms with Gasteiger partial charge in [0.05, 0.1) is 18.1 Å². The average Bonchev–Trinajstić information content (AvgIpc) is 3.17. The van der Waals surface area contributed by atoms with Gasteiger partial charge in [-0.05, 0) is 45.9 Å². The summed E-state index contributed by atoms with van der Waals surface area (Å²) in [6.07, 6.45) is 2.84. The summed E-state index contributed by atoms with van der Waals surface area (Å²) in [6, 6.07) is 7.23. The number of aromatic nitrogens is 3. The molecule has 0 bridgehead atoms. The lowest BCUT2D eigenvalue weighted by molar-refractivity contribution is 0.0218. The van der Waals surface area contributed by atoms with E-state index >= 15 is 0 Å². The van der Waals surface area contributed by atoms with Gasteiger partial charge in [-0.2, -0.15) is 0 Å². The van der Waals surface area contributed by atoms with E-state index in [-0.39, 0.29) is 12.1 Å². The fraction of sp³-hybridized carbons (Fsp3) is 0.417. The van der Waals surface area contributed by atoms with Gasteiger partial charge in [-0.1, -0.05) is 17.7 Å². The first-order chi connectivity index (χ1) is 16.1. The molecule has 3 heterocycles. The Bertz CT molecular complexity index is 1240. The summed E-state index contributed by atoms with van der Waals surface area (Å²) in [4.78, 5) is 38.1. The SMILES string of the molecule is COC(=O)c1cn(-c2cccc(Cl)c2)c2ncnc(N3CCN(C(=O)OC(C)(C)C)C[C@@H]3C)c12. The number of carbonyl (C=O) groups excluding carboxylic acids is 2. The summed E-state index contributed by atoms with van der Waals surface area (Å²) in [7, 11) is 1.34. The highest BCUT2D eigenvalue weighted by molar-refractivity contribution is 6.30. The molecule has 34 heavy (non-hydrogen) atoms. The molecule has 1 aromatic carbocycles. The maximum absolute atomic E-state index is 12.7. The van der Waals surface area contributed by atoms with Crippen LogP contribution in [0.25, 0.3) is 16.7 Å². The number of piperazine rings is 1. The first-order valence-corrected chi connectivity index (χ1v) is 11.4. The van der Waals surface area contributed by atoms with E-state index in [2.05, 4.69) is 14.9 Å². The zero-order valence-corrected chi connectivity index (χ0v) is 20.7. The molecular formula is C24H28ClN5O4. The molecule has 0 saturated carbocycles. The van der Waals surface area contributed by atoms with E-state index in [1.165, 1.54) is 13.4 Å². The number of hydrogen-bond acceptors (Lipinski definition) is 7. The quantitative estimate of drug-likeness (QED) is 0.511. The van der Waals surface area contributed by atoms with Crippen LogP contribution in [0.5, 0.6) is 0 Å². The van der Waals surface area contributed by atoms with E-state index in [9.17, 15) is 9.59 Å². The zero-order valence-electron chi connectivity index (χ0n) is 19.9. The van der Waals surface area contributed by atoms with E-state index in [4.69, 9.17) is 21.1 Å². The van der Waals surface area contributed by atoms with E-state index in [1.54, 1.807) is 27.8 Å². The van der Waals surface area contributed by atoms with Crippen LogP contribution >= 0.6 is 11.6 Å². The fourth-order valence-electron chi connectivity index (χ4n) is 4.12. The Kier molecular flexibility index (Phi) is 6.40. The van der Waals surface area contributed by atoms with Crippen LogP contribution in [0, 0.1) is 0 Å². The molecule has 1 aliphatic heterocycles. The van der Waals surface area contributed by atoms with E-state index in [0.717, 1.165) is 5.69 Å². The minimum Gasteiger partial charge on any atom is -0.465 e. The van der Waals surface area contributed by atoms with Crippen LogP contribution in [0.15, 0.2) is 36.8 Å². The predicted octanol–water partition coefficient (Wildman–Crippen LogP) is 4.31. The largest absolute Gasteiger partial charge is 0.465 e. The first-order valence-electron chi connectivity index (χ1n) is 11.0. The number of hydrogen-bond donors (Lipinski definition) is 0. The fourth-order valence-corrected chi connectivity index (χ4v) is 4.30. The van der Waals surface area contributed by atoms with Crippen LogP contribution in [0.1, 0.15) is 38.1 Å². The predicted molar refractivity (Wildman–Crippen MR) is 130 cm³/mol. The molecule has 1 atom stereocenters. The molecule has 1 amide bonds. The highest BCUT2D eigenvalue weighted by Crippen LogP contribution is 2.33. The third-order valence-corrected chi connectivity index (χ3v) is 5.84.